The van der Waals surface area contributed by atoms with Crippen molar-refractivity contribution < 1.29 is 0 Å². The van der Waals surface area contributed by atoms with E-state index in [9.17, 15) is 0 Å². The highest BCUT2D eigenvalue weighted by atomic mass is 15.0. The van der Waals surface area contributed by atoms with Gasteiger partial charge in [-0.25, -0.2) is 0 Å². The lowest BCUT2D eigenvalue weighted by atomic mass is 9.46. The van der Waals surface area contributed by atoms with Crippen LogP contribution in [-0.2, 0) is 0 Å². The minimum Gasteiger partial charge on any atom is -0.314 e. The van der Waals surface area contributed by atoms with E-state index in [0.29, 0.717) is 11.0 Å². The molecule has 0 radical (unpaired) electrons. The molecule has 1 heteroatoms. The number of rotatable bonds is 1. The zero-order chi connectivity index (χ0) is 10.5. The molecule has 0 saturated heterocycles. The van der Waals surface area contributed by atoms with Crippen molar-refractivity contribution in [1.29, 1.82) is 0 Å². The molecule has 86 valence electrons. The molecule has 4 saturated carbocycles. The van der Waals surface area contributed by atoms with E-state index in [1.807, 2.05) is 0 Å². The maximum atomic E-state index is 3.74. The average molecular weight is 207 g/mol. The highest BCUT2D eigenvalue weighted by Crippen LogP contribution is 2.64. The van der Waals surface area contributed by atoms with Crippen LogP contribution in [-0.4, -0.2) is 12.6 Å². The Morgan fingerprint density at radius 3 is 2.00 bits per heavy atom. The van der Waals surface area contributed by atoms with Crippen molar-refractivity contribution in [1.82, 2.24) is 5.32 Å². The van der Waals surface area contributed by atoms with Crippen molar-refractivity contribution in [2.45, 2.75) is 63.8 Å². The molecule has 0 aromatic rings. The van der Waals surface area contributed by atoms with E-state index in [4.69, 9.17) is 0 Å². The molecule has 0 aromatic heterocycles. The predicted molar refractivity (Wildman–Crippen MR) is 63.8 cm³/mol. The lowest BCUT2D eigenvalue weighted by molar-refractivity contribution is -0.0925. The van der Waals surface area contributed by atoms with Gasteiger partial charge in [-0.05, 0) is 69.7 Å². The Morgan fingerprint density at radius 2 is 1.47 bits per heavy atom. The van der Waals surface area contributed by atoms with E-state index >= 15 is 0 Å². The van der Waals surface area contributed by atoms with Gasteiger partial charge in [0.05, 0.1) is 0 Å². The quantitative estimate of drug-likeness (QED) is 0.695. The Hall–Kier alpha value is -0.0400. The normalized spacial score (nSPS) is 47.6. The van der Waals surface area contributed by atoms with Gasteiger partial charge in [0.15, 0.2) is 0 Å². The zero-order valence-electron chi connectivity index (χ0n) is 10.3. The van der Waals surface area contributed by atoms with Crippen LogP contribution in [0.4, 0.5) is 0 Å². The molecular weight excluding hydrogens is 182 g/mol. The van der Waals surface area contributed by atoms with Gasteiger partial charge in [-0.2, -0.15) is 0 Å². The molecular formula is C14H25N. The summed E-state index contributed by atoms with van der Waals surface area (Å²) in [6, 6.07) is 0. The summed E-state index contributed by atoms with van der Waals surface area (Å²) in [5, 5.41) is 3.74. The van der Waals surface area contributed by atoms with Gasteiger partial charge >= 0.3 is 0 Å². The highest BCUT2D eigenvalue weighted by Gasteiger charge is 2.61. The molecule has 1 N–H and O–H groups in total. The summed E-state index contributed by atoms with van der Waals surface area (Å²) < 4.78 is 0. The van der Waals surface area contributed by atoms with E-state index < -0.39 is 0 Å². The van der Waals surface area contributed by atoms with Gasteiger partial charge in [0, 0.05) is 5.54 Å². The van der Waals surface area contributed by atoms with Gasteiger partial charge in [0.25, 0.3) is 0 Å². The molecule has 0 aromatic carbocycles. The van der Waals surface area contributed by atoms with Gasteiger partial charge in [-0.3, -0.25) is 0 Å². The molecule has 1 unspecified atom stereocenters. The Morgan fingerprint density at radius 1 is 0.933 bits per heavy atom. The molecule has 4 fully saturated rings. The second-order valence-electron chi connectivity index (χ2n) is 6.36. The van der Waals surface area contributed by atoms with E-state index in [1.165, 1.54) is 51.4 Å². The van der Waals surface area contributed by atoms with Crippen molar-refractivity contribution >= 4 is 0 Å². The average Bonchev–Trinajstić information content (AvgIpc) is 2.77. The second-order valence-corrected chi connectivity index (χ2v) is 6.36. The molecule has 1 nitrogen and oxygen atoms in total. The first-order valence-corrected chi connectivity index (χ1v) is 6.92. The van der Waals surface area contributed by atoms with Crippen LogP contribution < -0.4 is 5.32 Å². The van der Waals surface area contributed by atoms with Crippen molar-refractivity contribution in [2.24, 2.45) is 17.3 Å². The van der Waals surface area contributed by atoms with Crippen LogP contribution in [0.5, 0.6) is 0 Å². The largest absolute Gasteiger partial charge is 0.314 e. The Bertz CT molecular complexity index is 246. The smallest absolute Gasteiger partial charge is 0.0237 e. The summed E-state index contributed by atoms with van der Waals surface area (Å²) in [5.41, 5.74) is 1.15. The highest BCUT2D eigenvalue weighted by molar-refractivity contribution is 5.15. The van der Waals surface area contributed by atoms with Gasteiger partial charge in [-0.15, -0.1) is 0 Å². The lowest BCUT2D eigenvalue weighted by Gasteiger charge is -2.63. The summed E-state index contributed by atoms with van der Waals surface area (Å²) in [5.74, 6) is 2.01. The molecule has 4 aliphatic rings. The SMILES string of the molecule is CNC1(C)C2CCC(CC2)C12CCCC2. The third-order valence-corrected chi connectivity index (χ3v) is 6.37. The van der Waals surface area contributed by atoms with E-state index in [2.05, 4.69) is 19.3 Å². The minimum atomic E-state index is 0.463. The fourth-order valence-electron chi connectivity index (χ4n) is 5.44. The van der Waals surface area contributed by atoms with Crippen molar-refractivity contribution in [3.8, 4) is 0 Å². The second kappa shape index (κ2) is 3.23. The molecule has 0 amide bonds. The van der Waals surface area contributed by atoms with Crippen molar-refractivity contribution in [2.75, 3.05) is 7.05 Å². The maximum absolute atomic E-state index is 3.74. The molecule has 1 atom stereocenters. The number of hydrogen-bond acceptors (Lipinski definition) is 1. The van der Waals surface area contributed by atoms with Crippen molar-refractivity contribution in [3.63, 3.8) is 0 Å². The van der Waals surface area contributed by atoms with Gasteiger partial charge < -0.3 is 5.32 Å². The molecule has 1 spiro atoms. The molecule has 4 aliphatic carbocycles. The topological polar surface area (TPSA) is 12.0 Å². The summed E-state index contributed by atoms with van der Waals surface area (Å²) in [6.45, 7) is 2.54. The summed E-state index contributed by atoms with van der Waals surface area (Å²) in [4.78, 5) is 0. The maximum Gasteiger partial charge on any atom is 0.0237 e. The third-order valence-electron chi connectivity index (χ3n) is 6.37. The third kappa shape index (κ3) is 1.08. The van der Waals surface area contributed by atoms with Crippen LogP contribution in [0.15, 0.2) is 0 Å². The molecule has 15 heavy (non-hydrogen) atoms. The van der Waals surface area contributed by atoms with Gasteiger partial charge in [0.1, 0.15) is 0 Å². The van der Waals surface area contributed by atoms with Gasteiger partial charge in [-0.1, -0.05) is 12.8 Å². The fourth-order valence-corrected chi connectivity index (χ4v) is 5.44. The van der Waals surface area contributed by atoms with Crippen LogP contribution in [0.2, 0.25) is 0 Å². The summed E-state index contributed by atoms with van der Waals surface area (Å²) in [6.07, 6.45) is 12.0. The first-order chi connectivity index (χ1) is 7.23. The molecule has 4 rings (SSSR count). The summed E-state index contributed by atoms with van der Waals surface area (Å²) >= 11 is 0. The predicted octanol–water partition coefficient (Wildman–Crippen LogP) is 3.34. The number of nitrogens with one attached hydrogen (secondary N) is 1. The summed E-state index contributed by atoms with van der Waals surface area (Å²) in [7, 11) is 2.21. The standard InChI is InChI=1S/C14H25N/c1-13(15-2)11-5-7-12(8-6-11)14(13)9-3-4-10-14/h11-12,15H,3-10H2,1-2H3. The lowest BCUT2D eigenvalue weighted by Crippen LogP contribution is -2.66. The van der Waals surface area contributed by atoms with Crippen LogP contribution in [0.25, 0.3) is 0 Å². The number of hydrogen-bond donors (Lipinski definition) is 1. The van der Waals surface area contributed by atoms with Crippen LogP contribution >= 0.6 is 0 Å². The Balaban J connectivity index is 2.02. The minimum absolute atomic E-state index is 0.463. The van der Waals surface area contributed by atoms with E-state index in [0.717, 1.165) is 11.8 Å². The molecule has 2 bridgehead atoms. The fraction of sp³-hybridized carbons (Fsp3) is 1.00. The van der Waals surface area contributed by atoms with Crippen LogP contribution in [0.3, 0.4) is 0 Å². The van der Waals surface area contributed by atoms with Gasteiger partial charge in [0.2, 0.25) is 0 Å². The first kappa shape index (κ1) is 10.1. The van der Waals surface area contributed by atoms with E-state index in [-0.39, 0.29) is 0 Å². The molecule has 0 heterocycles. The number of fused-ring (bicyclic) bond motifs is 2. The first-order valence-electron chi connectivity index (χ1n) is 6.92. The van der Waals surface area contributed by atoms with E-state index in [1.54, 1.807) is 0 Å². The zero-order valence-corrected chi connectivity index (χ0v) is 10.3. The Kier molecular flexibility index (Phi) is 2.18. The van der Waals surface area contributed by atoms with Crippen LogP contribution in [0.1, 0.15) is 58.3 Å². The molecule has 0 aliphatic heterocycles. The van der Waals surface area contributed by atoms with Crippen molar-refractivity contribution in [3.05, 3.63) is 0 Å². The van der Waals surface area contributed by atoms with Crippen LogP contribution in [0, 0.1) is 17.3 Å². The Labute approximate surface area is 94.0 Å². The monoisotopic (exact) mass is 207 g/mol.